The first-order valence-electron chi connectivity index (χ1n) is 3.65. The van der Waals surface area contributed by atoms with Crippen LogP contribution in [0.25, 0.3) is 0 Å². The van der Waals surface area contributed by atoms with Crippen LogP contribution in [0.1, 0.15) is 12.5 Å². The summed E-state index contributed by atoms with van der Waals surface area (Å²) in [5, 5.41) is 0. The van der Waals surface area contributed by atoms with Crippen LogP contribution in [0.15, 0.2) is 12.1 Å². The molecule has 4 heteroatoms. The van der Waals surface area contributed by atoms with Gasteiger partial charge in [-0.05, 0) is 6.92 Å². The zero-order valence-electron chi connectivity index (χ0n) is 7.23. The molecule has 0 amide bonds. The normalized spacial score (nSPS) is 9.85. The molecule has 0 N–H and O–H groups in total. The molecule has 0 bridgehead atoms. The Bertz CT molecular complexity index is 324. The molecule has 0 saturated carbocycles. The lowest BCUT2D eigenvalue weighted by molar-refractivity contribution is -0.131. The van der Waals surface area contributed by atoms with Crippen LogP contribution in [0.3, 0.4) is 0 Å². The Morgan fingerprint density at radius 1 is 1.31 bits per heavy atom. The van der Waals surface area contributed by atoms with Gasteiger partial charge in [-0.15, -0.1) is 0 Å². The van der Waals surface area contributed by atoms with Crippen molar-refractivity contribution in [2.75, 3.05) is 0 Å². The van der Waals surface area contributed by atoms with Crippen LogP contribution in [0.2, 0.25) is 0 Å². The summed E-state index contributed by atoms with van der Waals surface area (Å²) in [6.07, 6.45) is 0. The summed E-state index contributed by atoms with van der Waals surface area (Å²) < 4.78 is 30.2. The third kappa shape index (κ3) is 2.24. The molecule has 1 aromatic carbocycles. The van der Waals surface area contributed by atoms with E-state index in [-0.39, 0.29) is 11.3 Å². The topological polar surface area (TPSA) is 26.3 Å². The van der Waals surface area contributed by atoms with Gasteiger partial charge < -0.3 is 4.74 Å². The van der Waals surface area contributed by atoms with Gasteiger partial charge in [0.15, 0.2) is 0 Å². The van der Waals surface area contributed by atoms with E-state index in [0.717, 1.165) is 19.1 Å². The van der Waals surface area contributed by atoms with Gasteiger partial charge in [-0.1, -0.05) is 0 Å². The van der Waals surface area contributed by atoms with Crippen molar-refractivity contribution in [3.8, 4) is 5.75 Å². The second-order valence-corrected chi connectivity index (χ2v) is 2.61. The Morgan fingerprint density at radius 2 is 1.77 bits per heavy atom. The monoisotopic (exact) mass is 186 g/mol. The summed E-state index contributed by atoms with van der Waals surface area (Å²) in [5.74, 6) is -2.18. The van der Waals surface area contributed by atoms with Crippen LogP contribution in [-0.4, -0.2) is 5.97 Å². The summed E-state index contributed by atoms with van der Waals surface area (Å²) in [7, 11) is 0. The standard InChI is InChI=1S/C9H8F2O2/c1-5-8(10)3-7(4-9(5)11)13-6(2)12/h3-4H,1-2H3. The van der Waals surface area contributed by atoms with Crippen LogP contribution in [0, 0.1) is 18.6 Å². The van der Waals surface area contributed by atoms with E-state index in [1.165, 1.54) is 6.92 Å². The summed E-state index contributed by atoms with van der Waals surface area (Å²) in [6.45, 7) is 2.47. The lowest BCUT2D eigenvalue weighted by atomic mass is 10.2. The van der Waals surface area contributed by atoms with Gasteiger partial charge in [0.25, 0.3) is 0 Å². The van der Waals surface area contributed by atoms with Gasteiger partial charge in [0.05, 0.1) is 0 Å². The fourth-order valence-corrected chi connectivity index (χ4v) is 0.847. The number of hydrogen-bond donors (Lipinski definition) is 0. The van der Waals surface area contributed by atoms with Crippen LogP contribution >= 0.6 is 0 Å². The number of esters is 1. The van der Waals surface area contributed by atoms with E-state index in [1.54, 1.807) is 0 Å². The second-order valence-electron chi connectivity index (χ2n) is 2.61. The van der Waals surface area contributed by atoms with Gasteiger partial charge >= 0.3 is 5.97 Å². The third-order valence-electron chi connectivity index (χ3n) is 1.52. The molecule has 0 radical (unpaired) electrons. The van der Waals surface area contributed by atoms with Crippen molar-refractivity contribution in [2.45, 2.75) is 13.8 Å². The van der Waals surface area contributed by atoms with Crippen LogP contribution in [0.4, 0.5) is 8.78 Å². The fourth-order valence-electron chi connectivity index (χ4n) is 0.847. The van der Waals surface area contributed by atoms with Gasteiger partial charge in [-0.25, -0.2) is 8.78 Å². The molecule has 0 heterocycles. The molecule has 0 fully saturated rings. The summed E-state index contributed by atoms with van der Waals surface area (Å²) in [5.41, 5.74) is -0.0871. The first-order valence-corrected chi connectivity index (χ1v) is 3.65. The zero-order chi connectivity index (χ0) is 10.0. The lowest BCUT2D eigenvalue weighted by Crippen LogP contribution is -2.02. The number of halogens is 2. The van der Waals surface area contributed by atoms with E-state index in [1.807, 2.05) is 0 Å². The van der Waals surface area contributed by atoms with E-state index < -0.39 is 17.6 Å². The molecule has 13 heavy (non-hydrogen) atoms. The average molecular weight is 186 g/mol. The molecular weight excluding hydrogens is 178 g/mol. The number of benzene rings is 1. The first kappa shape index (κ1) is 9.64. The van der Waals surface area contributed by atoms with Gasteiger partial charge in [0.2, 0.25) is 0 Å². The van der Waals surface area contributed by atoms with Gasteiger partial charge in [0, 0.05) is 24.6 Å². The summed E-state index contributed by atoms with van der Waals surface area (Å²) in [6, 6.07) is 1.94. The van der Waals surface area contributed by atoms with Crippen LogP contribution in [-0.2, 0) is 4.79 Å². The number of rotatable bonds is 1. The molecule has 0 aliphatic carbocycles. The minimum atomic E-state index is -0.726. The number of carbonyl (C=O) groups is 1. The predicted molar refractivity (Wildman–Crippen MR) is 42.4 cm³/mol. The maximum Gasteiger partial charge on any atom is 0.308 e. The van der Waals surface area contributed by atoms with Crippen molar-refractivity contribution in [1.82, 2.24) is 0 Å². The number of ether oxygens (including phenoxy) is 1. The minimum Gasteiger partial charge on any atom is -0.427 e. The van der Waals surface area contributed by atoms with E-state index >= 15 is 0 Å². The highest BCUT2D eigenvalue weighted by Crippen LogP contribution is 2.19. The maximum absolute atomic E-state index is 12.9. The number of carbonyl (C=O) groups excluding carboxylic acids is 1. The smallest absolute Gasteiger partial charge is 0.308 e. The lowest BCUT2D eigenvalue weighted by Gasteiger charge is -2.03. The zero-order valence-corrected chi connectivity index (χ0v) is 7.23. The Balaban J connectivity index is 3.06. The molecule has 1 aromatic rings. The van der Waals surface area contributed by atoms with Crippen LogP contribution in [0.5, 0.6) is 5.75 Å². The minimum absolute atomic E-state index is 0.0871. The van der Waals surface area contributed by atoms with Crippen LogP contribution < -0.4 is 4.74 Å². The molecule has 0 atom stereocenters. The second kappa shape index (κ2) is 3.51. The van der Waals surface area contributed by atoms with Crippen molar-refractivity contribution in [2.24, 2.45) is 0 Å². The number of hydrogen-bond acceptors (Lipinski definition) is 2. The quantitative estimate of drug-likeness (QED) is 0.496. The van der Waals surface area contributed by atoms with Gasteiger partial charge in [0.1, 0.15) is 17.4 Å². The molecule has 0 aromatic heterocycles. The Hall–Kier alpha value is -1.45. The fraction of sp³-hybridized carbons (Fsp3) is 0.222. The molecule has 70 valence electrons. The highest BCUT2D eigenvalue weighted by Gasteiger charge is 2.08. The predicted octanol–water partition coefficient (Wildman–Crippen LogP) is 2.20. The maximum atomic E-state index is 12.9. The molecule has 2 nitrogen and oxygen atoms in total. The van der Waals surface area contributed by atoms with Crippen molar-refractivity contribution in [3.63, 3.8) is 0 Å². The molecule has 0 saturated heterocycles. The van der Waals surface area contributed by atoms with E-state index in [4.69, 9.17) is 0 Å². The van der Waals surface area contributed by atoms with Gasteiger partial charge in [-0.2, -0.15) is 0 Å². The SMILES string of the molecule is CC(=O)Oc1cc(F)c(C)c(F)c1. The Morgan fingerprint density at radius 3 is 2.15 bits per heavy atom. The Kier molecular flexibility index (Phi) is 2.60. The van der Waals surface area contributed by atoms with Crippen molar-refractivity contribution < 1.29 is 18.3 Å². The average Bonchev–Trinajstić information content (AvgIpc) is 1.98. The molecule has 0 unspecified atom stereocenters. The molecule has 0 aliphatic rings. The first-order chi connectivity index (χ1) is 6.00. The molecule has 0 spiro atoms. The third-order valence-corrected chi connectivity index (χ3v) is 1.52. The Labute approximate surface area is 74.1 Å². The van der Waals surface area contributed by atoms with Crippen molar-refractivity contribution >= 4 is 5.97 Å². The van der Waals surface area contributed by atoms with E-state index in [9.17, 15) is 13.6 Å². The van der Waals surface area contributed by atoms with E-state index in [0.29, 0.717) is 0 Å². The van der Waals surface area contributed by atoms with Crippen molar-refractivity contribution in [3.05, 3.63) is 29.3 Å². The summed E-state index contributed by atoms with van der Waals surface area (Å²) in [4.78, 5) is 10.5. The summed E-state index contributed by atoms with van der Waals surface area (Å²) >= 11 is 0. The van der Waals surface area contributed by atoms with Gasteiger partial charge in [-0.3, -0.25) is 4.79 Å². The highest BCUT2D eigenvalue weighted by molar-refractivity contribution is 5.69. The highest BCUT2D eigenvalue weighted by atomic mass is 19.1. The molecule has 0 aliphatic heterocycles. The largest absolute Gasteiger partial charge is 0.427 e. The van der Waals surface area contributed by atoms with E-state index in [2.05, 4.69) is 4.74 Å². The molecule has 1 rings (SSSR count). The molecular formula is C9H8F2O2. The van der Waals surface area contributed by atoms with Crippen molar-refractivity contribution in [1.29, 1.82) is 0 Å².